The molecule has 49 heavy (non-hydrogen) atoms. The molecule has 2 heterocycles. The van der Waals surface area contributed by atoms with E-state index in [1.807, 2.05) is 42.5 Å². The van der Waals surface area contributed by atoms with Crippen molar-refractivity contribution in [3.05, 3.63) is 77.7 Å². The van der Waals surface area contributed by atoms with Gasteiger partial charge in [0.2, 0.25) is 0 Å². The van der Waals surface area contributed by atoms with Crippen LogP contribution in [0, 0.1) is 0 Å². The van der Waals surface area contributed by atoms with E-state index in [4.69, 9.17) is 23.4 Å². The summed E-state index contributed by atoms with van der Waals surface area (Å²) in [5.74, 6) is 0.824. The fourth-order valence-electron chi connectivity index (χ4n) is 5.62. The van der Waals surface area contributed by atoms with E-state index in [9.17, 15) is 9.59 Å². The third-order valence-corrected chi connectivity index (χ3v) is 9.63. The lowest BCUT2D eigenvalue weighted by Gasteiger charge is -2.12. The highest BCUT2D eigenvalue weighted by molar-refractivity contribution is 7.21. The standard InChI is InChI=1S/C41H48O7S/c1-4-6-8-10-11-12-14-26-45-32-19-15-30(16-20-32)31-17-21-33(22-18-31)46-41(43)38-28-37-39(49-38)35-24-23-34(27-36(35)48-37)47-40(42)29(3)44-25-13-9-7-5-2/h15-24,27-29H,4-14,25-26H2,1-3H3/t29-/m0/s1. The van der Waals surface area contributed by atoms with Crippen molar-refractivity contribution in [1.82, 2.24) is 0 Å². The van der Waals surface area contributed by atoms with Crippen molar-refractivity contribution in [2.45, 2.75) is 97.5 Å². The second-order valence-electron chi connectivity index (χ2n) is 12.5. The molecule has 0 spiro atoms. The van der Waals surface area contributed by atoms with Gasteiger partial charge >= 0.3 is 11.9 Å². The van der Waals surface area contributed by atoms with E-state index in [0.717, 1.165) is 65.7 Å². The summed E-state index contributed by atoms with van der Waals surface area (Å²) in [6.07, 6.45) is 12.5. The molecule has 0 amide bonds. The van der Waals surface area contributed by atoms with Gasteiger partial charge in [0.25, 0.3) is 0 Å². The number of carbonyl (C=O) groups excluding carboxylic acids is 2. The molecule has 0 radical (unpaired) electrons. The lowest BCUT2D eigenvalue weighted by atomic mass is 10.1. The van der Waals surface area contributed by atoms with Gasteiger partial charge in [-0.1, -0.05) is 95.9 Å². The van der Waals surface area contributed by atoms with Crippen molar-refractivity contribution in [3.63, 3.8) is 0 Å². The number of thiophene rings is 1. The number of fused-ring (bicyclic) bond motifs is 3. The molecule has 260 valence electrons. The van der Waals surface area contributed by atoms with Crippen LogP contribution >= 0.6 is 11.3 Å². The molecule has 0 aliphatic heterocycles. The number of hydrogen-bond acceptors (Lipinski definition) is 8. The molecular formula is C41H48O7S. The van der Waals surface area contributed by atoms with Crippen molar-refractivity contribution in [1.29, 1.82) is 0 Å². The predicted octanol–water partition coefficient (Wildman–Crippen LogP) is 11.6. The van der Waals surface area contributed by atoms with Crippen molar-refractivity contribution in [2.75, 3.05) is 13.2 Å². The van der Waals surface area contributed by atoms with Crippen molar-refractivity contribution in [3.8, 4) is 28.4 Å². The van der Waals surface area contributed by atoms with Crippen LogP contribution in [0.3, 0.4) is 0 Å². The highest BCUT2D eigenvalue weighted by atomic mass is 32.1. The van der Waals surface area contributed by atoms with Crippen LogP contribution in [-0.4, -0.2) is 31.3 Å². The first-order valence-corrected chi connectivity index (χ1v) is 18.6. The minimum atomic E-state index is -0.655. The Bertz CT molecular complexity index is 1770. The Labute approximate surface area is 293 Å². The van der Waals surface area contributed by atoms with Gasteiger partial charge in [-0.2, -0.15) is 0 Å². The maximum atomic E-state index is 13.0. The fraction of sp³-hybridized carbons (Fsp3) is 0.415. The number of ether oxygens (including phenoxy) is 4. The molecule has 0 N–H and O–H groups in total. The molecular weight excluding hydrogens is 637 g/mol. The number of esters is 2. The van der Waals surface area contributed by atoms with Crippen LogP contribution in [0.25, 0.3) is 32.4 Å². The van der Waals surface area contributed by atoms with Gasteiger partial charge in [-0.25, -0.2) is 9.59 Å². The van der Waals surface area contributed by atoms with Crippen molar-refractivity contribution < 1.29 is 33.0 Å². The molecule has 5 aromatic rings. The SMILES string of the molecule is CCCCCCCCCOc1ccc(-c2ccc(OC(=O)c3cc4oc5cc(OC(=O)[C@H](C)OCCCCCC)ccc5c4s3)cc2)cc1. The molecule has 0 saturated heterocycles. The number of benzene rings is 3. The monoisotopic (exact) mass is 684 g/mol. The largest absolute Gasteiger partial charge is 0.494 e. The quantitative estimate of drug-likeness (QED) is 0.0458. The zero-order valence-corrected chi connectivity index (χ0v) is 29.8. The van der Waals surface area contributed by atoms with E-state index in [1.165, 1.54) is 49.9 Å². The Morgan fingerprint density at radius 2 is 1.24 bits per heavy atom. The highest BCUT2D eigenvalue weighted by Crippen LogP contribution is 2.37. The molecule has 7 nitrogen and oxygen atoms in total. The van der Waals surface area contributed by atoms with Crippen LogP contribution in [0.15, 0.2) is 77.2 Å². The van der Waals surface area contributed by atoms with Crippen LogP contribution in [-0.2, 0) is 9.53 Å². The Hall–Kier alpha value is -4.14. The van der Waals surface area contributed by atoms with E-state index < -0.39 is 18.0 Å². The molecule has 0 aliphatic carbocycles. The van der Waals surface area contributed by atoms with Gasteiger partial charge < -0.3 is 23.4 Å². The van der Waals surface area contributed by atoms with Gasteiger partial charge in [-0.05, 0) is 67.3 Å². The van der Waals surface area contributed by atoms with Gasteiger partial charge in [0.05, 0.1) is 11.3 Å². The van der Waals surface area contributed by atoms with E-state index in [2.05, 4.69) is 13.8 Å². The van der Waals surface area contributed by atoms with Crippen LogP contribution < -0.4 is 14.2 Å². The lowest BCUT2D eigenvalue weighted by Crippen LogP contribution is -2.26. The van der Waals surface area contributed by atoms with Gasteiger partial charge in [0.1, 0.15) is 33.3 Å². The third-order valence-electron chi connectivity index (χ3n) is 8.50. The Kier molecular flexibility index (Phi) is 13.7. The zero-order chi connectivity index (χ0) is 34.4. The normalized spacial score (nSPS) is 12.0. The molecule has 0 unspecified atom stereocenters. The number of rotatable bonds is 20. The van der Waals surface area contributed by atoms with E-state index in [-0.39, 0.29) is 0 Å². The Morgan fingerprint density at radius 1 is 0.653 bits per heavy atom. The molecule has 0 saturated carbocycles. The second-order valence-corrected chi connectivity index (χ2v) is 13.5. The molecule has 0 fully saturated rings. The summed E-state index contributed by atoms with van der Waals surface area (Å²) in [5.41, 5.74) is 3.23. The first kappa shape index (κ1) is 36.1. The third kappa shape index (κ3) is 10.4. The molecule has 1 atom stereocenters. The minimum absolute atomic E-state index is 0.381. The summed E-state index contributed by atoms with van der Waals surface area (Å²) in [6, 6.07) is 22.5. The molecule has 2 aromatic heterocycles. The first-order chi connectivity index (χ1) is 23.9. The second kappa shape index (κ2) is 18.6. The molecule has 0 aliphatic rings. The summed E-state index contributed by atoms with van der Waals surface area (Å²) >= 11 is 1.31. The smallest absolute Gasteiger partial charge is 0.353 e. The van der Waals surface area contributed by atoms with Crippen LogP contribution in [0.1, 0.15) is 101 Å². The predicted molar refractivity (Wildman–Crippen MR) is 197 cm³/mol. The van der Waals surface area contributed by atoms with Gasteiger partial charge in [-0.3, -0.25) is 0 Å². The van der Waals surface area contributed by atoms with E-state index >= 15 is 0 Å². The summed E-state index contributed by atoms with van der Waals surface area (Å²) in [7, 11) is 0. The van der Waals surface area contributed by atoms with Gasteiger partial charge in [-0.15, -0.1) is 11.3 Å². The minimum Gasteiger partial charge on any atom is -0.494 e. The maximum absolute atomic E-state index is 13.0. The van der Waals surface area contributed by atoms with Crippen LogP contribution in [0.5, 0.6) is 17.2 Å². The van der Waals surface area contributed by atoms with E-state index in [0.29, 0.717) is 34.1 Å². The van der Waals surface area contributed by atoms with Crippen molar-refractivity contribution in [2.24, 2.45) is 0 Å². The molecule has 3 aromatic carbocycles. The average Bonchev–Trinajstić information content (AvgIpc) is 3.68. The summed E-state index contributed by atoms with van der Waals surface area (Å²) in [6.45, 7) is 7.37. The summed E-state index contributed by atoms with van der Waals surface area (Å²) < 4.78 is 29.6. The number of unbranched alkanes of at least 4 members (excludes halogenated alkanes) is 9. The Balaban J connectivity index is 1.10. The topological polar surface area (TPSA) is 84.2 Å². The van der Waals surface area contributed by atoms with Gasteiger partial charge in [0, 0.05) is 24.1 Å². The average molecular weight is 685 g/mol. The zero-order valence-electron chi connectivity index (χ0n) is 29.0. The highest BCUT2D eigenvalue weighted by Gasteiger charge is 2.20. The van der Waals surface area contributed by atoms with Crippen LogP contribution in [0.4, 0.5) is 0 Å². The molecule has 8 heteroatoms. The summed E-state index contributed by atoms with van der Waals surface area (Å²) in [4.78, 5) is 26.0. The Morgan fingerprint density at radius 3 is 1.94 bits per heavy atom. The maximum Gasteiger partial charge on any atom is 0.353 e. The fourth-order valence-corrected chi connectivity index (χ4v) is 6.61. The van der Waals surface area contributed by atoms with E-state index in [1.54, 1.807) is 37.3 Å². The van der Waals surface area contributed by atoms with Crippen molar-refractivity contribution >= 4 is 44.5 Å². The molecule has 5 rings (SSSR count). The molecule has 0 bridgehead atoms. The lowest BCUT2D eigenvalue weighted by molar-refractivity contribution is -0.146. The van der Waals surface area contributed by atoms with Crippen LogP contribution in [0.2, 0.25) is 0 Å². The number of furan rings is 1. The van der Waals surface area contributed by atoms with Gasteiger partial charge in [0.15, 0.2) is 6.10 Å². The summed E-state index contributed by atoms with van der Waals surface area (Å²) in [5, 5.41) is 0.831. The number of carbonyl (C=O) groups is 2. The first-order valence-electron chi connectivity index (χ1n) is 17.8. The number of hydrogen-bond donors (Lipinski definition) is 0.